The van der Waals surface area contributed by atoms with Gasteiger partial charge in [-0.3, -0.25) is 0 Å². The lowest BCUT2D eigenvalue weighted by atomic mass is 10.3. The molecule has 0 aliphatic rings. The highest BCUT2D eigenvalue weighted by Crippen LogP contribution is 2.31. The Morgan fingerprint density at radius 1 is 1.29 bits per heavy atom. The number of benzene rings is 2. The van der Waals surface area contributed by atoms with Crippen LogP contribution in [0.15, 0.2) is 40.9 Å². The van der Waals surface area contributed by atoms with Gasteiger partial charge in [0.15, 0.2) is 5.13 Å². The third-order valence-corrected chi connectivity index (χ3v) is 4.42. The number of rotatable bonds is 4. The van der Waals surface area contributed by atoms with E-state index in [1.165, 1.54) is 17.4 Å². The molecule has 1 heterocycles. The van der Waals surface area contributed by atoms with Crippen molar-refractivity contribution in [2.75, 3.05) is 11.9 Å². The number of halogens is 2. The highest BCUT2D eigenvalue weighted by molar-refractivity contribution is 9.10. The third kappa shape index (κ3) is 3.16. The van der Waals surface area contributed by atoms with Crippen LogP contribution in [0, 0.1) is 5.82 Å². The molecular formula is C15H12BrFN2OS. The molecule has 1 N–H and O–H groups in total. The van der Waals surface area contributed by atoms with E-state index in [1.807, 2.05) is 25.1 Å². The number of hydrogen-bond acceptors (Lipinski definition) is 4. The molecule has 0 amide bonds. The fourth-order valence-electron chi connectivity index (χ4n) is 1.91. The van der Waals surface area contributed by atoms with Gasteiger partial charge in [-0.05, 0) is 59.3 Å². The van der Waals surface area contributed by atoms with Crippen LogP contribution in [0.1, 0.15) is 6.92 Å². The average molecular weight is 367 g/mol. The summed E-state index contributed by atoms with van der Waals surface area (Å²) >= 11 is 4.64. The number of aromatic nitrogens is 1. The van der Waals surface area contributed by atoms with Crippen LogP contribution in [-0.2, 0) is 0 Å². The van der Waals surface area contributed by atoms with E-state index in [0.717, 1.165) is 21.1 Å². The first-order valence-corrected chi connectivity index (χ1v) is 8.02. The average Bonchev–Trinajstić information content (AvgIpc) is 2.85. The molecule has 3 nitrogen and oxygen atoms in total. The summed E-state index contributed by atoms with van der Waals surface area (Å²) in [6.07, 6.45) is 0. The Morgan fingerprint density at radius 2 is 2.14 bits per heavy atom. The second-order valence-electron chi connectivity index (χ2n) is 4.34. The molecule has 108 valence electrons. The maximum Gasteiger partial charge on any atom is 0.188 e. The lowest BCUT2D eigenvalue weighted by Crippen LogP contribution is -1.90. The smallest absolute Gasteiger partial charge is 0.188 e. The van der Waals surface area contributed by atoms with Crippen LogP contribution in [0.3, 0.4) is 0 Å². The van der Waals surface area contributed by atoms with Gasteiger partial charge in [0.25, 0.3) is 0 Å². The molecule has 0 aliphatic heterocycles. The van der Waals surface area contributed by atoms with Gasteiger partial charge < -0.3 is 10.1 Å². The minimum atomic E-state index is -0.306. The second-order valence-corrected chi connectivity index (χ2v) is 6.22. The molecule has 2 aromatic carbocycles. The number of nitrogens with zero attached hydrogens (tertiary/aromatic N) is 1. The van der Waals surface area contributed by atoms with E-state index in [4.69, 9.17) is 4.74 Å². The quantitative estimate of drug-likeness (QED) is 0.676. The van der Waals surface area contributed by atoms with Crippen LogP contribution in [0.4, 0.5) is 15.2 Å². The Bertz CT molecular complexity index is 790. The third-order valence-electron chi connectivity index (χ3n) is 2.84. The molecule has 6 heteroatoms. The topological polar surface area (TPSA) is 34.1 Å². The summed E-state index contributed by atoms with van der Waals surface area (Å²) in [5, 5.41) is 3.84. The Morgan fingerprint density at radius 3 is 2.90 bits per heavy atom. The van der Waals surface area contributed by atoms with E-state index in [9.17, 15) is 4.39 Å². The number of nitrogens with one attached hydrogen (secondary N) is 1. The zero-order valence-corrected chi connectivity index (χ0v) is 13.6. The van der Waals surface area contributed by atoms with Crippen molar-refractivity contribution >= 4 is 48.3 Å². The van der Waals surface area contributed by atoms with Crippen molar-refractivity contribution in [1.29, 1.82) is 0 Å². The highest BCUT2D eigenvalue weighted by Gasteiger charge is 2.07. The van der Waals surface area contributed by atoms with Crippen molar-refractivity contribution < 1.29 is 9.13 Å². The Kier molecular flexibility index (Phi) is 4.07. The molecule has 1 aromatic heterocycles. The molecule has 0 bridgehead atoms. The standard InChI is InChI=1S/C15H12BrFN2OS/c1-2-20-10-4-6-13-14(8-10)21-15(19-13)18-9-3-5-11(16)12(17)7-9/h3-8H,2H2,1H3,(H,18,19). The van der Waals surface area contributed by atoms with Gasteiger partial charge in [-0.1, -0.05) is 11.3 Å². The molecule has 0 radical (unpaired) electrons. The number of thiazole rings is 1. The van der Waals surface area contributed by atoms with Gasteiger partial charge in [0.2, 0.25) is 0 Å². The van der Waals surface area contributed by atoms with Gasteiger partial charge in [0.1, 0.15) is 11.6 Å². The van der Waals surface area contributed by atoms with Crippen LogP contribution in [0.25, 0.3) is 10.2 Å². The zero-order chi connectivity index (χ0) is 14.8. The first-order valence-electron chi connectivity index (χ1n) is 6.41. The van der Waals surface area contributed by atoms with Crippen LogP contribution >= 0.6 is 27.3 Å². The molecule has 0 unspecified atom stereocenters. The number of anilines is 2. The predicted octanol–water partition coefficient (Wildman–Crippen LogP) is 5.34. The molecule has 0 saturated heterocycles. The Labute approximate surface area is 133 Å². The minimum Gasteiger partial charge on any atom is -0.494 e. The van der Waals surface area contributed by atoms with Crippen LogP contribution < -0.4 is 10.1 Å². The lowest BCUT2D eigenvalue weighted by Gasteiger charge is -2.02. The van der Waals surface area contributed by atoms with Gasteiger partial charge in [-0.2, -0.15) is 0 Å². The summed E-state index contributed by atoms with van der Waals surface area (Å²) in [5.74, 6) is 0.523. The molecular weight excluding hydrogens is 355 g/mol. The minimum absolute atomic E-state index is 0.306. The van der Waals surface area contributed by atoms with Gasteiger partial charge in [-0.25, -0.2) is 9.37 Å². The fourth-order valence-corrected chi connectivity index (χ4v) is 3.07. The SMILES string of the molecule is CCOc1ccc2nc(Nc3ccc(Br)c(F)c3)sc2c1. The monoisotopic (exact) mass is 366 g/mol. The van der Waals surface area contributed by atoms with E-state index in [-0.39, 0.29) is 5.82 Å². The Balaban J connectivity index is 1.88. The summed E-state index contributed by atoms with van der Waals surface area (Å²) in [7, 11) is 0. The van der Waals surface area contributed by atoms with Crippen molar-refractivity contribution in [3.63, 3.8) is 0 Å². The normalized spacial score (nSPS) is 10.8. The van der Waals surface area contributed by atoms with E-state index < -0.39 is 0 Å². The molecule has 3 rings (SSSR count). The molecule has 0 aliphatic carbocycles. The van der Waals surface area contributed by atoms with Crippen LogP contribution in [-0.4, -0.2) is 11.6 Å². The van der Waals surface area contributed by atoms with Crippen molar-refractivity contribution in [2.24, 2.45) is 0 Å². The fraction of sp³-hybridized carbons (Fsp3) is 0.133. The Hall–Kier alpha value is -1.66. The van der Waals surface area contributed by atoms with E-state index >= 15 is 0 Å². The maximum absolute atomic E-state index is 13.5. The lowest BCUT2D eigenvalue weighted by molar-refractivity contribution is 0.341. The maximum atomic E-state index is 13.5. The molecule has 0 saturated carbocycles. The molecule has 3 aromatic rings. The van der Waals surface area contributed by atoms with Gasteiger partial charge in [0.05, 0.1) is 21.3 Å². The van der Waals surface area contributed by atoms with E-state index in [2.05, 4.69) is 26.2 Å². The number of fused-ring (bicyclic) bond motifs is 1. The summed E-state index contributed by atoms with van der Waals surface area (Å²) in [6, 6.07) is 10.7. The number of hydrogen-bond donors (Lipinski definition) is 1. The molecule has 0 spiro atoms. The molecule has 0 fully saturated rings. The van der Waals surface area contributed by atoms with Gasteiger partial charge in [-0.15, -0.1) is 0 Å². The number of ether oxygens (including phenoxy) is 1. The summed E-state index contributed by atoms with van der Waals surface area (Å²) in [6.45, 7) is 2.58. The second kappa shape index (κ2) is 5.99. The summed E-state index contributed by atoms with van der Waals surface area (Å²) in [5.41, 5.74) is 1.56. The van der Waals surface area contributed by atoms with E-state index in [1.54, 1.807) is 12.1 Å². The zero-order valence-electron chi connectivity index (χ0n) is 11.2. The largest absolute Gasteiger partial charge is 0.494 e. The first-order chi connectivity index (χ1) is 10.2. The van der Waals surface area contributed by atoms with Crippen LogP contribution in [0.5, 0.6) is 5.75 Å². The van der Waals surface area contributed by atoms with Crippen molar-refractivity contribution in [3.05, 3.63) is 46.7 Å². The van der Waals surface area contributed by atoms with Crippen molar-refractivity contribution in [1.82, 2.24) is 4.98 Å². The molecule has 21 heavy (non-hydrogen) atoms. The van der Waals surface area contributed by atoms with Crippen LogP contribution in [0.2, 0.25) is 0 Å². The van der Waals surface area contributed by atoms with E-state index in [0.29, 0.717) is 16.8 Å². The van der Waals surface area contributed by atoms with Gasteiger partial charge in [0, 0.05) is 5.69 Å². The predicted molar refractivity (Wildman–Crippen MR) is 88.2 cm³/mol. The molecule has 0 atom stereocenters. The highest BCUT2D eigenvalue weighted by atomic mass is 79.9. The van der Waals surface area contributed by atoms with Crippen molar-refractivity contribution in [2.45, 2.75) is 6.92 Å². The van der Waals surface area contributed by atoms with Crippen molar-refractivity contribution in [3.8, 4) is 5.75 Å². The first kappa shape index (κ1) is 14.3. The summed E-state index contributed by atoms with van der Waals surface area (Å²) in [4.78, 5) is 4.48. The summed E-state index contributed by atoms with van der Waals surface area (Å²) < 4.78 is 20.4. The van der Waals surface area contributed by atoms with Gasteiger partial charge >= 0.3 is 0 Å².